The normalized spacial score (nSPS) is 11.6. The molecule has 2 amide bonds. The second-order valence-corrected chi connectivity index (χ2v) is 9.39. The Labute approximate surface area is 179 Å². The van der Waals surface area contributed by atoms with Crippen molar-refractivity contribution in [3.63, 3.8) is 0 Å². The highest BCUT2D eigenvalue weighted by Crippen LogP contribution is 2.27. The highest BCUT2D eigenvalue weighted by Gasteiger charge is 2.40. The van der Waals surface area contributed by atoms with Crippen LogP contribution in [0.1, 0.15) is 46.5 Å². The first-order chi connectivity index (χ1) is 14.7. The fourth-order valence-electron chi connectivity index (χ4n) is 2.49. The summed E-state index contributed by atoms with van der Waals surface area (Å²) >= 11 is 0. The van der Waals surface area contributed by atoms with Crippen LogP contribution in [0.4, 0.5) is 32.4 Å². The van der Waals surface area contributed by atoms with E-state index in [-0.39, 0.29) is 6.54 Å². The summed E-state index contributed by atoms with van der Waals surface area (Å²) < 4.78 is 84.5. The third kappa shape index (κ3) is 8.02. The van der Waals surface area contributed by atoms with Gasteiger partial charge in [0.05, 0.1) is 0 Å². The number of benzene rings is 1. The Morgan fingerprint density at radius 1 is 0.774 bits per heavy atom. The van der Waals surface area contributed by atoms with Gasteiger partial charge in [0.2, 0.25) is 5.82 Å². The molecule has 0 aromatic heterocycles. The quantitative estimate of drug-likeness (QED) is 0.130. The van der Waals surface area contributed by atoms with Crippen LogP contribution in [0.25, 0.3) is 0 Å². The third-order valence-electron chi connectivity index (χ3n) is 3.97. The lowest BCUT2D eigenvalue weighted by Gasteiger charge is -2.29. The summed E-state index contributed by atoms with van der Waals surface area (Å²) in [5.41, 5.74) is -1.42. The molecule has 0 saturated carbocycles. The largest absolute Gasteiger partial charge is 0.501 e. The molecule has 0 aliphatic rings. The summed E-state index contributed by atoms with van der Waals surface area (Å²) in [7, 11) is -2.98. The molecule has 0 spiro atoms. The third-order valence-corrected chi connectivity index (χ3v) is 6.87. The van der Waals surface area contributed by atoms with Crippen LogP contribution < -0.4 is 10.6 Å². The summed E-state index contributed by atoms with van der Waals surface area (Å²) in [6.45, 7) is 7.24. The fourth-order valence-corrected chi connectivity index (χ4v) is 5.33. The van der Waals surface area contributed by atoms with E-state index in [1.54, 1.807) is 5.32 Å². The maximum absolute atomic E-state index is 13.7. The fraction of sp³-hybridized carbons (Fsp3) is 0.632. The zero-order chi connectivity index (χ0) is 23.4. The molecule has 0 radical (unpaired) electrons. The van der Waals surface area contributed by atoms with E-state index in [0.29, 0.717) is 32.3 Å². The van der Waals surface area contributed by atoms with Crippen molar-refractivity contribution < 1.29 is 40.0 Å². The Hall–Kier alpha value is -1.76. The van der Waals surface area contributed by atoms with Gasteiger partial charge in [-0.2, -0.15) is 0 Å². The number of amides is 2. The van der Waals surface area contributed by atoms with Crippen molar-refractivity contribution in [1.29, 1.82) is 0 Å². The minimum Gasteiger partial charge on any atom is -0.373 e. The summed E-state index contributed by atoms with van der Waals surface area (Å²) in [5, 5.41) is 3.97. The number of halogens is 5. The SMILES string of the molecule is CCCO[Si](CCCNC(=O)Nc1c(F)c(F)c(F)c(F)c1F)(OCCC)OCCC. The smallest absolute Gasteiger partial charge is 0.373 e. The molecule has 178 valence electrons. The molecule has 0 saturated heterocycles. The summed E-state index contributed by atoms with van der Waals surface area (Å²) in [4.78, 5) is 11.9. The van der Waals surface area contributed by atoms with E-state index in [0.717, 1.165) is 19.3 Å². The topological polar surface area (TPSA) is 68.8 Å². The van der Waals surface area contributed by atoms with Gasteiger partial charge in [-0.15, -0.1) is 0 Å². The maximum atomic E-state index is 13.7. The Kier molecular flexibility index (Phi) is 12.0. The first kappa shape index (κ1) is 27.3. The molecule has 31 heavy (non-hydrogen) atoms. The first-order valence-electron chi connectivity index (χ1n) is 10.2. The molecule has 0 heterocycles. The van der Waals surface area contributed by atoms with Gasteiger partial charge in [0.1, 0.15) is 5.69 Å². The van der Waals surface area contributed by atoms with E-state index in [1.165, 1.54) is 0 Å². The molecule has 1 aromatic carbocycles. The number of rotatable bonds is 14. The van der Waals surface area contributed by atoms with Gasteiger partial charge in [-0.05, 0) is 25.7 Å². The second-order valence-electron chi connectivity index (χ2n) is 6.66. The molecule has 12 heteroatoms. The van der Waals surface area contributed by atoms with Gasteiger partial charge in [-0.25, -0.2) is 26.7 Å². The van der Waals surface area contributed by atoms with Crippen LogP contribution in [-0.4, -0.2) is 41.2 Å². The number of carbonyl (C=O) groups excluding carboxylic acids is 1. The molecule has 1 rings (SSSR count). The molecule has 0 fully saturated rings. The lowest BCUT2D eigenvalue weighted by molar-refractivity contribution is 0.0588. The van der Waals surface area contributed by atoms with Crippen molar-refractivity contribution in [2.75, 3.05) is 31.7 Å². The molecule has 2 N–H and O–H groups in total. The summed E-state index contributed by atoms with van der Waals surface area (Å²) in [5.74, 6) is -10.8. The number of carbonyl (C=O) groups is 1. The van der Waals surface area contributed by atoms with E-state index < -0.39 is 49.6 Å². The van der Waals surface area contributed by atoms with Gasteiger partial charge in [0.15, 0.2) is 23.3 Å². The Morgan fingerprint density at radius 3 is 1.61 bits per heavy atom. The number of hydrogen-bond acceptors (Lipinski definition) is 4. The van der Waals surface area contributed by atoms with Crippen molar-refractivity contribution in [3.05, 3.63) is 29.1 Å². The van der Waals surface area contributed by atoms with Crippen molar-refractivity contribution in [2.24, 2.45) is 0 Å². The molecule has 6 nitrogen and oxygen atoms in total. The highest BCUT2D eigenvalue weighted by molar-refractivity contribution is 6.60. The van der Waals surface area contributed by atoms with Crippen molar-refractivity contribution in [1.82, 2.24) is 5.32 Å². The predicted molar refractivity (Wildman–Crippen MR) is 107 cm³/mol. The van der Waals surface area contributed by atoms with Crippen LogP contribution in [-0.2, 0) is 13.3 Å². The van der Waals surface area contributed by atoms with Gasteiger partial charge < -0.3 is 23.9 Å². The second kappa shape index (κ2) is 13.6. The molecule has 0 aliphatic carbocycles. The molecule has 0 atom stereocenters. The molecule has 0 bridgehead atoms. The Bertz CT molecular complexity index is 676. The number of anilines is 1. The van der Waals surface area contributed by atoms with Crippen LogP contribution >= 0.6 is 0 Å². The van der Waals surface area contributed by atoms with Gasteiger partial charge >= 0.3 is 14.8 Å². The standard InChI is InChI=1S/C19H29F5N2O4Si/c1-4-9-28-31(29-10-5-2,30-11-6-3)12-7-8-25-19(27)26-18-16(23)14(21)13(20)15(22)17(18)24/h4-12H2,1-3H3,(H2,25,26,27). The van der Waals surface area contributed by atoms with Crippen LogP contribution in [0.3, 0.4) is 0 Å². The molecule has 0 unspecified atom stereocenters. The average molecular weight is 473 g/mol. The predicted octanol–water partition coefficient (Wildman–Crippen LogP) is 5.11. The van der Waals surface area contributed by atoms with E-state index in [2.05, 4.69) is 5.32 Å². The van der Waals surface area contributed by atoms with Crippen LogP contribution in [0.2, 0.25) is 6.04 Å². The van der Waals surface area contributed by atoms with Crippen LogP contribution in [0.5, 0.6) is 0 Å². The lowest BCUT2D eigenvalue weighted by Crippen LogP contribution is -2.47. The first-order valence-corrected chi connectivity index (χ1v) is 12.1. The van der Waals surface area contributed by atoms with Gasteiger partial charge in [0, 0.05) is 32.4 Å². The van der Waals surface area contributed by atoms with Crippen molar-refractivity contribution >= 4 is 20.5 Å². The van der Waals surface area contributed by atoms with Gasteiger partial charge in [-0.1, -0.05) is 20.8 Å². The summed E-state index contributed by atoms with van der Waals surface area (Å²) in [6.07, 6.45) is 2.65. The molecule has 0 aliphatic heterocycles. The molecular formula is C19H29F5N2O4Si. The van der Waals surface area contributed by atoms with E-state index in [4.69, 9.17) is 13.3 Å². The minimum atomic E-state index is -2.98. The van der Waals surface area contributed by atoms with Crippen LogP contribution in [0, 0.1) is 29.1 Å². The number of hydrogen-bond donors (Lipinski definition) is 2. The van der Waals surface area contributed by atoms with E-state index in [1.807, 2.05) is 20.8 Å². The summed E-state index contributed by atoms with van der Waals surface area (Å²) in [6, 6.07) is -0.732. The molecule has 1 aromatic rings. The number of nitrogens with one attached hydrogen (secondary N) is 2. The van der Waals surface area contributed by atoms with Gasteiger partial charge in [0.25, 0.3) is 0 Å². The van der Waals surface area contributed by atoms with Gasteiger partial charge in [-0.3, -0.25) is 0 Å². The monoisotopic (exact) mass is 472 g/mol. The minimum absolute atomic E-state index is 0.0381. The highest BCUT2D eigenvalue weighted by atomic mass is 28.4. The Balaban J connectivity index is 2.70. The van der Waals surface area contributed by atoms with Crippen molar-refractivity contribution in [3.8, 4) is 0 Å². The number of urea groups is 1. The zero-order valence-electron chi connectivity index (χ0n) is 17.9. The van der Waals surface area contributed by atoms with E-state index >= 15 is 0 Å². The average Bonchev–Trinajstić information content (AvgIpc) is 2.77. The Morgan fingerprint density at radius 2 is 1.19 bits per heavy atom. The van der Waals surface area contributed by atoms with Crippen LogP contribution in [0.15, 0.2) is 0 Å². The van der Waals surface area contributed by atoms with E-state index in [9.17, 15) is 26.7 Å². The molecular weight excluding hydrogens is 443 g/mol. The maximum Gasteiger partial charge on any atom is 0.501 e. The lowest BCUT2D eigenvalue weighted by atomic mass is 10.2. The zero-order valence-corrected chi connectivity index (χ0v) is 18.9. The van der Waals surface area contributed by atoms with Crippen molar-refractivity contribution in [2.45, 2.75) is 52.5 Å².